The standard InChI is InChI=1S/C18H21N5O2/c24-16(14-2-8-19-9-3-14)20-10-4-15-5-11-25-18(15)12-23(13-18)17-21-6-1-7-22-17/h1-3,6-9,15H,4-5,10-13H2,(H,20,24). The van der Waals surface area contributed by atoms with Gasteiger partial charge in [-0.3, -0.25) is 9.78 Å². The number of pyridine rings is 1. The fourth-order valence-electron chi connectivity index (χ4n) is 3.70. The van der Waals surface area contributed by atoms with Gasteiger partial charge in [-0.05, 0) is 37.0 Å². The third kappa shape index (κ3) is 3.19. The number of ether oxygens (including phenoxy) is 1. The molecule has 1 N–H and O–H groups in total. The highest BCUT2D eigenvalue weighted by molar-refractivity contribution is 5.93. The molecule has 0 aromatic carbocycles. The van der Waals surface area contributed by atoms with Crippen LogP contribution in [0.3, 0.4) is 0 Å². The van der Waals surface area contributed by atoms with E-state index in [1.54, 1.807) is 36.9 Å². The molecule has 2 saturated heterocycles. The highest BCUT2D eigenvalue weighted by atomic mass is 16.5. The Labute approximate surface area is 146 Å². The molecule has 7 heteroatoms. The van der Waals surface area contributed by atoms with Crippen molar-refractivity contribution in [1.82, 2.24) is 20.3 Å². The molecule has 1 atom stereocenters. The zero-order valence-corrected chi connectivity index (χ0v) is 14.0. The minimum atomic E-state index is -0.111. The molecule has 2 aromatic rings. The van der Waals surface area contributed by atoms with E-state index in [0.29, 0.717) is 18.0 Å². The first-order valence-electron chi connectivity index (χ1n) is 8.61. The monoisotopic (exact) mass is 339 g/mol. The van der Waals surface area contributed by atoms with E-state index in [1.165, 1.54) is 0 Å². The van der Waals surface area contributed by atoms with Crippen molar-refractivity contribution < 1.29 is 9.53 Å². The van der Waals surface area contributed by atoms with Gasteiger partial charge in [0.15, 0.2) is 0 Å². The zero-order chi connectivity index (χ0) is 17.1. The fourth-order valence-corrected chi connectivity index (χ4v) is 3.70. The predicted molar refractivity (Wildman–Crippen MR) is 92.2 cm³/mol. The van der Waals surface area contributed by atoms with Crippen LogP contribution in [0.25, 0.3) is 0 Å². The van der Waals surface area contributed by atoms with Gasteiger partial charge in [-0.2, -0.15) is 0 Å². The van der Waals surface area contributed by atoms with Crippen molar-refractivity contribution >= 4 is 11.9 Å². The number of aromatic nitrogens is 3. The Morgan fingerprint density at radius 3 is 2.76 bits per heavy atom. The Bertz CT molecular complexity index is 719. The first-order valence-corrected chi connectivity index (χ1v) is 8.61. The molecule has 0 bridgehead atoms. The lowest BCUT2D eigenvalue weighted by Crippen LogP contribution is -2.65. The van der Waals surface area contributed by atoms with E-state index in [-0.39, 0.29) is 11.5 Å². The molecular formula is C18H21N5O2. The molecule has 0 saturated carbocycles. The predicted octanol–water partition coefficient (Wildman–Crippen LogP) is 1.29. The van der Waals surface area contributed by atoms with Crippen molar-refractivity contribution in [3.05, 3.63) is 48.5 Å². The number of rotatable bonds is 5. The van der Waals surface area contributed by atoms with Crippen LogP contribution in [-0.2, 0) is 4.74 Å². The molecular weight excluding hydrogens is 318 g/mol. The maximum absolute atomic E-state index is 12.1. The van der Waals surface area contributed by atoms with E-state index in [9.17, 15) is 4.79 Å². The van der Waals surface area contributed by atoms with Crippen LogP contribution in [0.5, 0.6) is 0 Å². The lowest BCUT2D eigenvalue weighted by molar-refractivity contribution is -0.0459. The summed E-state index contributed by atoms with van der Waals surface area (Å²) in [6.07, 6.45) is 8.73. The van der Waals surface area contributed by atoms with Crippen molar-refractivity contribution in [2.45, 2.75) is 18.4 Å². The average molecular weight is 339 g/mol. The summed E-state index contributed by atoms with van der Waals surface area (Å²) in [5.74, 6) is 1.15. The van der Waals surface area contributed by atoms with Gasteiger partial charge in [-0.1, -0.05) is 0 Å². The van der Waals surface area contributed by atoms with Gasteiger partial charge in [0, 0.05) is 43.5 Å². The van der Waals surface area contributed by atoms with Crippen LogP contribution in [0.2, 0.25) is 0 Å². The molecule has 2 aliphatic rings. The minimum Gasteiger partial charge on any atom is -0.371 e. The summed E-state index contributed by atoms with van der Waals surface area (Å²) in [5.41, 5.74) is 0.532. The maximum atomic E-state index is 12.1. The van der Waals surface area contributed by atoms with Gasteiger partial charge in [0.2, 0.25) is 5.95 Å². The van der Waals surface area contributed by atoms with E-state index >= 15 is 0 Å². The summed E-state index contributed by atoms with van der Waals surface area (Å²) in [5, 5.41) is 2.99. The number of nitrogens with zero attached hydrogens (tertiary/aromatic N) is 4. The van der Waals surface area contributed by atoms with E-state index in [4.69, 9.17) is 4.74 Å². The Balaban J connectivity index is 1.29. The SMILES string of the molecule is O=C(NCCC1CCOC12CN(c1ncccn1)C2)c1ccncc1. The van der Waals surface area contributed by atoms with Gasteiger partial charge in [0.25, 0.3) is 5.91 Å². The van der Waals surface area contributed by atoms with Crippen molar-refractivity contribution in [1.29, 1.82) is 0 Å². The van der Waals surface area contributed by atoms with Crippen LogP contribution in [0.1, 0.15) is 23.2 Å². The van der Waals surface area contributed by atoms with Crippen LogP contribution in [0.4, 0.5) is 5.95 Å². The number of carbonyl (C=O) groups excluding carboxylic acids is 1. The normalized spacial score (nSPS) is 21.1. The van der Waals surface area contributed by atoms with Crippen molar-refractivity contribution in [2.24, 2.45) is 5.92 Å². The number of nitrogens with one attached hydrogen (secondary N) is 1. The molecule has 2 aliphatic heterocycles. The highest BCUT2D eigenvalue weighted by Gasteiger charge is 2.53. The zero-order valence-electron chi connectivity index (χ0n) is 14.0. The first kappa shape index (κ1) is 16.0. The smallest absolute Gasteiger partial charge is 0.251 e. The Kier molecular flexibility index (Phi) is 4.31. The van der Waals surface area contributed by atoms with Crippen LogP contribution < -0.4 is 10.2 Å². The van der Waals surface area contributed by atoms with Gasteiger partial charge in [0.05, 0.1) is 13.1 Å². The van der Waals surface area contributed by atoms with Crippen LogP contribution in [-0.4, -0.2) is 52.7 Å². The lowest BCUT2D eigenvalue weighted by Gasteiger charge is -2.50. The third-order valence-electron chi connectivity index (χ3n) is 5.07. The number of hydrogen-bond donors (Lipinski definition) is 1. The summed E-state index contributed by atoms with van der Waals surface area (Å²) >= 11 is 0. The summed E-state index contributed by atoms with van der Waals surface area (Å²) in [6, 6.07) is 5.26. The Hall–Kier alpha value is -2.54. The second kappa shape index (κ2) is 6.76. The van der Waals surface area contributed by atoms with Gasteiger partial charge < -0.3 is 15.0 Å². The van der Waals surface area contributed by atoms with Crippen molar-refractivity contribution in [2.75, 3.05) is 31.1 Å². The number of anilines is 1. The van der Waals surface area contributed by atoms with Crippen molar-refractivity contribution in [3.8, 4) is 0 Å². The van der Waals surface area contributed by atoms with E-state index in [0.717, 1.165) is 38.5 Å². The van der Waals surface area contributed by atoms with Crippen LogP contribution >= 0.6 is 0 Å². The van der Waals surface area contributed by atoms with Crippen molar-refractivity contribution in [3.63, 3.8) is 0 Å². The molecule has 4 heterocycles. The molecule has 1 amide bonds. The molecule has 7 nitrogen and oxygen atoms in total. The van der Waals surface area contributed by atoms with Gasteiger partial charge in [-0.25, -0.2) is 9.97 Å². The minimum absolute atomic E-state index is 0.0525. The third-order valence-corrected chi connectivity index (χ3v) is 5.07. The molecule has 1 unspecified atom stereocenters. The molecule has 2 fully saturated rings. The lowest BCUT2D eigenvalue weighted by atomic mass is 9.79. The quantitative estimate of drug-likeness (QED) is 0.884. The van der Waals surface area contributed by atoms with Gasteiger partial charge in [0.1, 0.15) is 5.60 Å². The molecule has 0 radical (unpaired) electrons. The topological polar surface area (TPSA) is 80.2 Å². The summed E-state index contributed by atoms with van der Waals surface area (Å²) < 4.78 is 6.06. The molecule has 25 heavy (non-hydrogen) atoms. The van der Waals surface area contributed by atoms with Gasteiger partial charge in [-0.15, -0.1) is 0 Å². The molecule has 130 valence electrons. The summed E-state index contributed by atoms with van der Waals surface area (Å²) in [7, 11) is 0. The Morgan fingerprint density at radius 1 is 1.24 bits per heavy atom. The summed E-state index contributed by atoms with van der Waals surface area (Å²) in [6.45, 7) is 3.07. The number of carbonyl (C=O) groups is 1. The van der Waals surface area contributed by atoms with Crippen LogP contribution in [0, 0.1) is 5.92 Å². The molecule has 0 aliphatic carbocycles. The maximum Gasteiger partial charge on any atom is 0.251 e. The second-order valence-corrected chi connectivity index (χ2v) is 6.58. The van der Waals surface area contributed by atoms with E-state index in [2.05, 4.69) is 25.2 Å². The molecule has 4 rings (SSSR count). The van der Waals surface area contributed by atoms with E-state index in [1.807, 2.05) is 6.07 Å². The average Bonchev–Trinajstić information content (AvgIpc) is 3.06. The largest absolute Gasteiger partial charge is 0.371 e. The number of amides is 1. The van der Waals surface area contributed by atoms with Gasteiger partial charge >= 0.3 is 0 Å². The Morgan fingerprint density at radius 2 is 2.00 bits per heavy atom. The fraction of sp³-hybridized carbons (Fsp3) is 0.444. The second-order valence-electron chi connectivity index (χ2n) is 6.58. The summed E-state index contributed by atoms with van der Waals surface area (Å²) in [4.78, 5) is 26.8. The highest BCUT2D eigenvalue weighted by Crippen LogP contribution is 2.42. The van der Waals surface area contributed by atoms with Crippen LogP contribution in [0.15, 0.2) is 43.0 Å². The molecule has 2 aromatic heterocycles. The first-order chi connectivity index (χ1) is 12.3. The number of hydrogen-bond acceptors (Lipinski definition) is 6. The van der Waals surface area contributed by atoms with E-state index < -0.39 is 0 Å². The molecule has 1 spiro atoms.